The summed E-state index contributed by atoms with van der Waals surface area (Å²) in [6.07, 6.45) is 5.43. The number of primary amides is 1. The van der Waals surface area contributed by atoms with Crippen LogP contribution in [0.3, 0.4) is 0 Å². The van der Waals surface area contributed by atoms with Gasteiger partial charge in [-0.2, -0.15) is 0 Å². The summed E-state index contributed by atoms with van der Waals surface area (Å²) < 4.78 is 25.2. The zero-order valence-corrected chi connectivity index (χ0v) is 17.4. The van der Waals surface area contributed by atoms with Crippen molar-refractivity contribution in [3.05, 3.63) is 23.8 Å². The number of carboxylic acids is 1. The molecule has 1 aromatic rings. The molecule has 160 valence electrons. The largest absolute Gasteiger partial charge is 0.478 e. The number of nitrogens with two attached hydrogens (primary N) is 1. The number of anilines is 2. The first-order valence-corrected chi connectivity index (χ1v) is 11.7. The van der Waals surface area contributed by atoms with Crippen LogP contribution in [0, 0.1) is 0 Å². The molecule has 2 saturated heterocycles. The Bertz CT molecular complexity index is 888. The molecule has 2 aliphatic rings. The summed E-state index contributed by atoms with van der Waals surface area (Å²) in [5.41, 5.74) is 5.76. The van der Waals surface area contributed by atoms with Crippen molar-refractivity contribution in [3.63, 3.8) is 0 Å². The van der Waals surface area contributed by atoms with Crippen LogP contribution in [0.15, 0.2) is 18.2 Å². The molecule has 0 aromatic heterocycles. The smallest absolute Gasteiger partial charge is 0.337 e. The Morgan fingerprint density at radius 2 is 1.72 bits per heavy atom. The van der Waals surface area contributed by atoms with Gasteiger partial charge < -0.3 is 15.7 Å². The SMILES string of the molecule is CS(=O)(=O)Nc1ccc(N2CCC(C(N)=O)(N3CCCCC3)CC2)cc1C(=O)O. The average molecular weight is 425 g/mol. The Hall–Kier alpha value is -2.33. The fraction of sp³-hybridized carbons (Fsp3) is 0.579. The van der Waals surface area contributed by atoms with Gasteiger partial charge >= 0.3 is 5.97 Å². The maximum Gasteiger partial charge on any atom is 0.337 e. The molecule has 0 radical (unpaired) electrons. The number of nitrogens with zero attached hydrogens (tertiary/aromatic N) is 2. The van der Waals surface area contributed by atoms with Crippen LogP contribution >= 0.6 is 0 Å². The Kier molecular flexibility index (Phi) is 6.04. The monoisotopic (exact) mass is 424 g/mol. The van der Waals surface area contributed by atoms with Crippen molar-refractivity contribution >= 4 is 33.3 Å². The number of piperidine rings is 2. The molecule has 1 aromatic carbocycles. The highest BCUT2D eigenvalue weighted by Crippen LogP contribution is 2.34. The number of carboxylic acid groups (broad SMARTS) is 1. The highest BCUT2D eigenvalue weighted by molar-refractivity contribution is 7.92. The molecule has 0 saturated carbocycles. The molecule has 2 heterocycles. The normalized spacial score (nSPS) is 20.2. The topological polar surface area (TPSA) is 133 Å². The Morgan fingerprint density at radius 1 is 1.10 bits per heavy atom. The quantitative estimate of drug-likeness (QED) is 0.622. The minimum Gasteiger partial charge on any atom is -0.478 e. The van der Waals surface area contributed by atoms with E-state index in [1.807, 2.05) is 4.90 Å². The standard InChI is InChI=1S/C19H28N4O5S/c1-29(27,28)21-16-6-5-14(13-15(16)17(24)25)22-11-7-19(8-12-22,18(20)26)23-9-3-2-4-10-23/h5-6,13,21H,2-4,7-12H2,1H3,(H2,20,26)(H,24,25). The summed E-state index contributed by atoms with van der Waals surface area (Å²) in [5.74, 6) is -1.51. The summed E-state index contributed by atoms with van der Waals surface area (Å²) in [6.45, 7) is 2.88. The highest BCUT2D eigenvalue weighted by Gasteiger charge is 2.45. The van der Waals surface area contributed by atoms with Crippen molar-refractivity contribution in [2.24, 2.45) is 5.73 Å². The van der Waals surface area contributed by atoms with Crippen LogP contribution < -0.4 is 15.4 Å². The van der Waals surface area contributed by atoms with Gasteiger partial charge in [0, 0.05) is 18.8 Å². The van der Waals surface area contributed by atoms with E-state index >= 15 is 0 Å². The van der Waals surface area contributed by atoms with Crippen LogP contribution in [0.5, 0.6) is 0 Å². The first kappa shape index (κ1) is 21.4. The summed E-state index contributed by atoms with van der Waals surface area (Å²) in [6, 6.07) is 4.62. The summed E-state index contributed by atoms with van der Waals surface area (Å²) >= 11 is 0. The number of rotatable bonds is 6. The van der Waals surface area contributed by atoms with Gasteiger partial charge in [-0.15, -0.1) is 0 Å². The van der Waals surface area contributed by atoms with Crippen LogP contribution in [0.4, 0.5) is 11.4 Å². The van der Waals surface area contributed by atoms with E-state index in [1.54, 1.807) is 6.07 Å². The van der Waals surface area contributed by atoms with Gasteiger partial charge in [0.15, 0.2) is 0 Å². The van der Waals surface area contributed by atoms with E-state index in [0.717, 1.165) is 32.2 Å². The molecule has 29 heavy (non-hydrogen) atoms. The molecular formula is C19H28N4O5S. The van der Waals surface area contributed by atoms with Crippen molar-refractivity contribution < 1.29 is 23.1 Å². The lowest BCUT2D eigenvalue weighted by atomic mass is 9.83. The van der Waals surface area contributed by atoms with E-state index in [2.05, 4.69) is 9.62 Å². The molecule has 0 aliphatic carbocycles. The lowest BCUT2D eigenvalue weighted by molar-refractivity contribution is -0.132. The van der Waals surface area contributed by atoms with Crippen LogP contribution in [0.25, 0.3) is 0 Å². The number of nitrogens with one attached hydrogen (secondary N) is 1. The number of carbonyl (C=O) groups is 2. The van der Waals surface area contributed by atoms with Crippen LogP contribution in [0.2, 0.25) is 0 Å². The molecular weight excluding hydrogens is 396 g/mol. The summed E-state index contributed by atoms with van der Waals surface area (Å²) in [4.78, 5) is 28.2. The number of hydrogen-bond acceptors (Lipinski definition) is 6. The van der Waals surface area contributed by atoms with Gasteiger partial charge in [0.2, 0.25) is 15.9 Å². The van der Waals surface area contributed by atoms with E-state index in [4.69, 9.17) is 5.73 Å². The van der Waals surface area contributed by atoms with Crippen LogP contribution in [-0.2, 0) is 14.8 Å². The van der Waals surface area contributed by atoms with Crippen molar-refractivity contribution in [1.29, 1.82) is 0 Å². The number of likely N-dealkylation sites (tertiary alicyclic amines) is 1. The van der Waals surface area contributed by atoms with Crippen molar-refractivity contribution in [3.8, 4) is 0 Å². The zero-order valence-electron chi connectivity index (χ0n) is 16.6. The first-order valence-electron chi connectivity index (χ1n) is 9.77. The second-order valence-electron chi connectivity index (χ2n) is 7.84. The second kappa shape index (κ2) is 8.19. The summed E-state index contributed by atoms with van der Waals surface area (Å²) in [5, 5.41) is 9.49. The maximum absolute atomic E-state index is 12.4. The zero-order chi connectivity index (χ0) is 21.2. The third-order valence-corrected chi connectivity index (χ3v) is 6.50. The first-order chi connectivity index (χ1) is 13.6. The molecule has 3 rings (SSSR count). The second-order valence-corrected chi connectivity index (χ2v) is 9.59. The van der Waals surface area contributed by atoms with Gasteiger partial charge in [-0.3, -0.25) is 14.4 Å². The fourth-order valence-corrected chi connectivity index (χ4v) is 4.95. The Balaban J connectivity index is 1.80. The van der Waals surface area contributed by atoms with E-state index < -0.39 is 21.5 Å². The molecule has 2 aliphatic heterocycles. The predicted molar refractivity (Wildman–Crippen MR) is 111 cm³/mol. The number of carbonyl (C=O) groups excluding carboxylic acids is 1. The fourth-order valence-electron chi connectivity index (χ4n) is 4.37. The van der Waals surface area contributed by atoms with Crippen LogP contribution in [-0.4, -0.2) is 68.3 Å². The number of benzene rings is 1. The van der Waals surface area contributed by atoms with E-state index in [0.29, 0.717) is 31.6 Å². The molecule has 0 unspecified atom stereocenters. The van der Waals surface area contributed by atoms with Gasteiger partial charge in [-0.1, -0.05) is 6.42 Å². The van der Waals surface area contributed by atoms with Crippen molar-refractivity contribution in [2.45, 2.75) is 37.6 Å². The molecule has 0 atom stereocenters. The van der Waals surface area contributed by atoms with Crippen LogP contribution in [0.1, 0.15) is 42.5 Å². The van der Waals surface area contributed by atoms with E-state index in [-0.39, 0.29) is 17.2 Å². The maximum atomic E-state index is 12.4. The molecule has 10 heteroatoms. The minimum atomic E-state index is -3.59. The Labute approximate surface area is 170 Å². The van der Waals surface area contributed by atoms with E-state index in [9.17, 15) is 23.1 Å². The van der Waals surface area contributed by atoms with Gasteiger partial charge in [0.1, 0.15) is 5.54 Å². The summed E-state index contributed by atoms with van der Waals surface area (Å²) in [7, 11) is -3.59. The lowest BCUT2D eigenvalue weighted by Crippen LogP contribution is -2.63. The molecule has 2 fully saturated rings. The molecule has 4 N–H and O–H groups in total. The minimum absolute atomic E-state index is 0.0283. The van der Waals surface area contributed by atoms with Crippen molar-refractivity contribution in [2.75, 3.05) is 42.1 Å². The molecule has 0 spiro atoms. The average Bonchev–Trinajstić information content (AvgIpc) is 2.67. The molecule has 1 amide bonds. The molecule has 0 bridgehead atoms. The molecule has 9 nitrogen and oxygen atoms in total. The van der Waals surface area contributed by atoms with Gasteiger partial charge in [0.05, 0.1) is 17.5 Å². The van der Waals surface area contributed by atoms with Gasteiger partial charge in [-0.05, 0) is 57.0 Å². The lowest BCUT2D eigenvalue weighted by Gasteiger charge is -2.48. The number of aromatic carboxylic acids is 1. The number of sulfonamides is 1. The highest BCUT2D eigenvalue weighted by atomic mass is 32.2. The number of amides is 1. The van der Waals surface area contributed by atoms with Crippen molar-refractivity contribution in [1.82, 2.24) is 4.90 Å². The predicted octanol–water partition coefficient (Wildman–Crippen LogP) is 1.07. The van der Waals surface area contributed by atoms with E-state index in [1.165, 1.54) is 18.6 Å². The van der Waals surface area contributed by atoms with Gasteiger partial charge in [-0.25, -0.2) is 13.2 Å². The number of hydrogen-bond donors (Lipinski definition) is 3. The third kappa shape index (κ3) is 4.64. The Morgan fingerprint density at radius 3 is 2.24 bits per heavy atom. The van der Waals surface area contributed by atoms with Gasteiger partial charge in [0.25, 0.3) is 0 Å². The third-order valence-electron chi connectivity index (χ3n) is 5.90.